The number of rotatable bonds is 2. The van der Waals surface area contributed by atoms with Crippen LogP contribution in [-0.2, 0) is 0 Å². The van der Waals surface area contributed by atoms with Crippen LogP contribution in [-0.4, -0.2) is 30.6 Å². The molecule has 100 valence electrons. The van der Waals surface area contributed by atoms with Gasteiger partial charge in [-0.2, -0.15) is 0 Å². The van der Waals surface area contributed by atoms with Crippen LogP contribution in [0, 0.1) is 0 Å². The van der Waals surface area contributed by atoms with E-state index in [-0.39, 0.29) is 0 Å². The van der Waals surface area contributed by atoms with E-state index < -0.39 is 0 Å². The number of hydrogen-bond donors (Lipinski definition) is 1. The van der Waals surface area contributed by atoms with E-state index in [1.807, 2.05) is 0 Å². The molecule has 0 aliphatic carbocycles. The van der Waals surface area contributed by atoms with Gasteiger partial charge in [-0.1, -0.05) is 42.5 Å². The Hall–Kier alpha value is -1.38. The molecular weight excluding hydrogens is 232 g/mol. The van der Waals surface area contributed by atoms with Crippen molar-refractivity contribution in [3.05, 3.63) is 48.0 Å². The van der Waals surface area contributed by atoms with Crippen molar-refractivity contribution in [1.29, 1.82) is 0 Å². The summed E-state index contributed by atoms with van der Waals surface area (Å²) in [4.78, 5) is 2.59. The number of nitrogens with one attached hydrogen (secondary N) is 1. The molecule has 0 radical (unpaired) electrons. The molecule has 1 saturated heterocycles. The molecule has 1 heterocycles. The van der Waals surface area contributed by atoms with Crippen LogP contribution < -0.4 is 5.32 Å². The number of nitrogens with zero attached hydrogens (tertiary/aromatic N) is 1. The Bertz CT molecular complexity index is 559. The van der Waals surface area contributed by atoms with Gasteiger partial charge < -0.3 is 5.32 Å². The van der Waals surface area contributed by atoms with Gasteiger partial charge in [-0.15, -0.1) is 0 Å². The van der Waals surface area contributed by atoms with Crippen LogP contribution in [0.4, 0.5) is 0 Å². The minimum atomic E-state index is 0.482. The fraction of sp³-hybridized carbons (Fsp3) is 0.412. The Balaban J connectivity index is 1.95. The van der Waals surface area contributed by atoms with Crippen molar-refractivity contribution in [1.82, 2.24) is 10.2 Å². The van der Waals surface area contributed by atoms with E-state index in [2.05, 4.69) is 66.5 Å². The predicted molar refractivity (Wildman–Crippen MR) is 81.4 cm³/mol. The third-order valence-corrected chi connectivity index (χ3v) is 4.22. The highest BCUT2D eigenvalue weighted by molar-refractivity contribution is 5.86. The van der Waals surface area contributed by atoms with Gasteiger partial charge in [0.15, 0.2) is 0 Å². The van der Waals surface area contributed by atoms with Crippen molar-refractivity contribution >= 4 is 10.8 Å². The average molecular weight is 254 g/mol. The molecule has 0 aromatic heterocycles. The second-order valence-electron chi connectivity index (χ2n) is 5.59. The van der Waals surface area contributed by atoms with Gasteiger partial charge >= 0.3 is 0 Å². The second kappa shape index (κ2) is 5.32. The monoisotopic (exact) mass is 254 g/mol. The van der Waals surface area contributed by atoms with Gasteiger partial charge in [0.1, 0.15) is 0 Å². The van der Waals surface area contributed by atoms with Gasteiger partial charge in [-0.05, 0) is 30.2 Å². The van der Waals surface area contributed by atoms with Crippen molar-refractivity contribution in [2.45, 2.75) is 25.9 Å². The maximum absolute atomic E-state index is 3.51. The van der Waals surface area contributed by atoms with E-state index in [9.17, 15) is 0 Å². The number of benzene rings is 2. The van der Waals surface area contributed by atoms with Gasteiger partial charge in [-0.25, -0.2) is 0 Å². The molecule has 1 fully saturated rings. The third kappa shape index (κ3) is 2.51. The van der Waals surface area contributed by atoms with Crippen molar-refractivity contribution in [2.75, 3.05) is 19.6 Å². The summed E-state index contributed by atoms with van der Waals surface area (Å²) in [5.74, 6) is 0. The fourth-order valence-electron chi connectivity index (χ4n) is 3.13. The summed E-state index contributed by atoms with van der Waals surface area (Å²) in [6.07, 6.45) is 0. The van der Waals surface area contributed by atoms with Crippen LogP contribution in [0.1, 0.15) is 25.5 Å². The number of hydrogen-bond acceptors (Lipinski definition) is 2. The summed E-state index contributed by atoms with van der Waals surface area (Å²) < 4.78 is 0. The molecule has 1 aliphatic rings. The summed E-state index contributed by atoms with van der Waals surface area (Å²) in [5, 5.41) is 6.25. The lowest BCUT2D eigenvalue weighted by Crippen LogP contribution is -2.49. The largest absolute Gasteiger partial charge is 0.312 e. The minimum Gasteiger partial charge on any atom is -0.312 e. The lowest BCUT2D eigenvalue weighted by molar-refractivity contribution is 0.159. The van der Waals surface area contributed by atoms with Crippen LogP contribution in [0.15, 0.2) is 42.5 Å². The molecule has 0 saturated carbocycles. The topological polar surface area (TPSA) is 15.3 Å². The van der Waals surface area contributed by atoms with E-state index in [0.29, 0.717) is 12.1 Å². The van der Waals surface area contributed by atoms with Crippen LogP contribution in [0.2, 0.25) is 0 Å². The summed E-state index contributed by atoms with van der Waals surface area (Å²) >= 11 is 0. The SMILES string of the molecule is CC1CN(C(C)c2cccc3ccccc23)CCN1. The first-order valence-corrected chi connectivity index (χ1v) is 7.21. The maximum Gasteiger partial charge on any atom is 0.0327 e. The molecular formula is C17H22N2. The first-order chi connectivity index (χ1) is 9.25. The van der Waals surface area contributed by atoms with Crippen LogP contribution in [0.25, 0.3) is 10.8 Å². The Morgan fingerprint density at radius 2 is 1.95 bits per heavy atom. The van der Waals surface area contributed by atoms with E-state index >= 15 is 0 Å². The van der Waals surface area contributed by atoms with E-state index in [1.165, 1.54) is 16.3 Å². The van der Waals surface area contributed by atoms with Crippen molar-refractivity contribution in [3.63, 3.8) is 0 Å². The highest BCUT2D eigenvalue weighted by Crippen LogP contribution is 2.28. The predicted octanol–water partition coefficient (Wildman–Crippen LogP) is 3.19. The Kier molecular flexibility index (Phi) is 3.54. The highest BCUT2D eigenvalue weighted by atomic mass is 15.2. The lowest BCUT2D eigenvalue weighted by Gasteiger charge is -2.36. The lowest BCUT2D eigenvalue weighted by atomic mass is 9.98. The molecule has 19 heavy (non-hydrogen) atoms. The maximum atomic E-state index is 3.51. The summed E-state index contributed by atoms with van der Waals surface area (Å²) in [6.45, 7) is 7.96. The summed E-state index contributed by atoms with van der Waals surface area (Å²) in [7, 11) is 0. The van der Waals surface area contributed by atoms with E-state index in [1.54, 1.807) is 0 Å². The minimum absolute atomic E-state index is 0.482. The third-order valence-electron chi connectivity index (χ3n) is 4.22. The molecule has 1 N–H and O–H groups in total. The van der Waals surface area contributed by atoms with Gasteiger partial charge in [-0.3, -0.25) is 4.90 Å². The molecule has 2 nitrogen and oxygen atoms in total. The van der Waals surface area contributed by atoms with Crippen molar-refractivity contribution in [2.24, 2.45) is 0 Å². The van der Waals surface area contributed by atoms with E-state index in [4.69, 9.17) is 0 Å². The molecule has 2 atom stereocenters. The molecule has 2 heteroatoms. The van der Waals surface area contributed by atoms with Gasteiger partial charge in [0.25, 0.3) is 0 Å². The zero-order chi connectivity index (χ0) is 13.2. The number of piperazine rings is 1. The molecule has 2 unspecified atom stereocenters. The molecule has 0 spiro atoms. The summed E-state index contributed by atoms with van der Waals surface area (Å²) in [5.41, 5.74) is 1.45. The van der Waals surface area contributed by atoms with Gasteiger partial charge in [0.2, 0.25) is 0 Å². The summed E-state index contributed by atoms with van der Waals surface area (Å²) in [6, 6.07) is 16.4. The first kappa shape index (κ1) is 12.6. The normalized spacial score (nSPS) is 22.5. The Morgan fingerprint density at radius 1 is 1.16 bits per heavy atom. The molecule has 3 rings (SSSR count). The standard InChI is InChI=1S/C17H22N2/c1-13-12-19(11-10-18-13)14(2)16-9-5-7-15-6-3-4-8-17(15)16/h3-9,13-14,18H,10-12H2,1-2H3. The molecule has 0 amide bonds. The van der Waals surface area contributed by atoms with Crippen LogP contribution >= 0.6 is 0 Å². The van der Waals surface area contributed by atoms with Crippen LogP contribution in [0.3, 0.4) is 0 Å². The van der Waals surface area contributed by atoms with Gasteiger partial charge in [0, 0.05) is 31.7 Å². The zero-order valence-corrected chi connectivity index (χ0v) is 11.8. The molecule has 0 bridgehead atoms. The molecule has 2 aromatic carbocycles. The second-order valence-corrected chi connectivity index (χ2v) is 5.59. The average Bonchev–Trinajstić information content (AvgIpc) is 2.46. The Morgan fingerprint density at radius 3 is 2.79 bits per heavy atom. The van der Waals surface area contributed by atoms with E-state index in [0.717, 1.165) is 19.6 Å². The smallest absolute Gasteiger partial charge is 0.0327 e. The van der Waals surface area contributed by atoms with Crippen molar-refractivity contribution in [3.8, 4) is 0 Å². The highest BCUT2D eigenvalue weighted by Gasteiger charge is 2.22. The fourth-order valence-corrected chi connectivity index (χ4v) is 3.13. The Labute approximate surface area is 115 Å². The van der Waals surface area contributed by atoms with Gasteiger partial charge in [0.05, 0.1) is 0 Å². The van der Waals surface area contributed by atoms with Crippen molar-refractivity contribution < 1.29 is 0 Å². The molecule has 2 aromatic rings. The molecule has 1 aliphatic heterocycles. The zero-order valence-electron chi connectivity index (χ0n) is 11.8. The first-order valence-electron chi connectivity index (χ1n) is 7.21. The quantitative estimate of drug-likeness (QED) is 0.885. The number of fused-ring (bicyclic) bond motifs is 1. The van der Waals surface area contributed by atoms with Crippen LogP contribution in [0.5, 0.6) is 0 Å².